The zero-order valence-corrected chi connectivity index (χ0v) is 14.9. The number of benzene rings is 2. The van der Waals surface area contributed by atoms with E-state index in [0.29, 0.717) is 0 Å². The Hall–Kier alpha value is -1.76. The monoisotopic (exact) mass is 465 g/mol. The molecule has 0 saturated carbocycles. The maximum absolute atomic E-state index is 4.39. The van der Waals surface area contributed by atoms with Crippen LogP contribution in [0.3, 0.4) is 0 Å². The van der Waals surface area contributed by atoms with Gasteiger partial charge in [-0.15, -0.1) is 35.4 Å². The fourth-order valence-corrected chi connectivity index (χ4v) is 2.47. The van der Waals surface area contributed by atoms with Gasteiger partial charge in [0, 0.05) is 26.3 Å². The van der Waals surface area contributed by atoms with E-state index in [-0.39, 0.29) is 20.1 Å². The molecule has 113 valence electrons. The minimum Gasteiger partial charge on any atom is -0.305 e. The van der Waals surface area contributed by atoms with E-state index in [1.165, 1.54) is 23.1 Å². The molecule has 0 aliphatic heterocycles. The fraction of sp³-hybridized carbons (Fsp3) is 0.150. The van der Waals surface area contributed by atoms with E-state index in [0.717, 1.165) is 17.7 Å². The predicted molar refractivity (Wildman–Crippen MR) is 87.9 cm³/mol. The molecule has 1 radical (unpaired) electrons. The summed E-state index contributed by atoms with van der Waals surface area (Å²) in [6, 6.07) is 24.3. The van der Waals surface area contributed by atoms with Gasteiger partial charge < -0.3 is 4.98 Å². The molecule has 0 N–H and O–H groups in total. The van der Waals surface area contributed by atoms with Crippen molar-refractivity contribution in [3.63, 3.8) is 0 Å². The zero-order valence-electron chi connectivity index (χ0n) is 12.5. The molecule has 0 bridgehead atoms. The molecule has 2 aromatic carbocycles. The second-order valence-electron chi connectivity index (χ2n) is 5.15. The van der Waals surface area contributed by atoms with Gasteiger partial charge in [-0.05, 0) is 29.3 Å². The molecule has 0 unspecified atom stereocenters. The molecule has 3 rings (SSSR count). The van der Waals surface area contributed by atoms with E-state index < -0.39 is 0 Å². The van der Waals surface area contributed by atoms with E-state index in [2.05, 4.69) is 54.4 Å². The van der Waals surface area contributed by atoms with E-state index in [4.69, 9.17) is 0 Å². The van der Waals surface area contributed by atoms with Crippen LogP contribution in [0.15, 0.2) is 66.9 Å². The van der Waals surface area contributed by atoms with E-state index in [1.54, 1.807) is 0 Å². The summed E-state index contributed by atoms with van der Waals surface area (Å²) in [5, 5.41) is 0. The van der Waals surface area contributed by atoms with Crippen molar-refractivity contribution in [2.45, 2.75) is 19.8 Å². The number of hydrogen-bond donors (Lipinski definition) is 0. The van der Waals surface area contributed by atoms with Gasteiger partial charge in [-0.3, -0.25) is 0 Å². The van der Waals surface area contributed by atoms with Crippen molar-refractivity contribution in [3.8, 4) is 22.4 Å². The Labute approximate surface area is 145 Å². The van der Waals surface area contributed by atoms with Crippen LogP contribution in [0.1, 0.15) is 18.9 Å². The molecule has 0 fully saturated rings. The number of aromatic nitrogens is 1. The van der Waals surface area contributed by atoms with Gasteiger partial charge in [0.25, 0.3) is 0 Å². The summed E-state index contributed by atoms with van der Waals surface area (Å²) in [6.45, 7) is 2.21. The quantitative estimate of drug-likeness (QED) is 0.486. The molecule has 2 heteroatoms. The SMILES string of the molecule is CCCc1ccc(-c2cc[c-]c(-c3ccccn3)c2)cc1.[Ir]. The predicted octanol–water partition coefficient (Wildman–Crippen LogP) is 5.17. The van der Waals surface area contributed by atoms with E-state index >= 15 is 0 Å². The van der Waals surface area contributed by atoms with Crippen LogP contribution >= 0.6 is 0 Å². The standard InChI is InChI=1S/C20H18N.Ir/c1-2-6-16-10-12-17(13-11-16)18-7-5-8-19(15-18)20-9-3-4-14-21-20;/h3-5,7,9-15H,2,6H2,1H3;/q-1;. The van der Waals surface area contributed by atoms with Gasteiger partial charge in [0.2, 0.25) is 0 Å². The minimum absolute atomic E-state index is 0. The number of aryl methyl sites for hydroxylation is 1. The molecule has 0 saturated heterocycles. The summed E-state index contributed by atoms with van der Waals surface area (Å²) >= 11 is 0. The summed E-state index contributed by atoms with van der Waals surface area (Å²) in [5.41, 5.74) is 5.83. The van der Waals surface area contributed by atoms with Gasteiger partial charge in [-0.25, -0.2) is 0 Å². The van der Waals surface area contributed by atoms with Crippen molar-refractivity contribution in [2.75, 3.05) is 0 Å². The Morgan fingerprint density at radius 1 is 0.955 bits per heavy atom. The first-order valence-electron chi connectivity index (χ1n) is 7.39. The Morgan fingerprint density at radius 2 is 1.77 bits per heavy atom. The van der Waals surface area contributed by atoms with Gasteiger partial charge in [-0.1, -0.05) is 49.7 Å². The maximum atomic E-state index is 4.39. The molecule has 0 aliphatic carbocycles. The van der Waals surface area contributed by atoms with Crippen molar-refractivity contribution in [2.24, 2.45) is 0 Å². The van der Waals surface area contributed by atoms with Crippen LogP contribution in [0.4, 0.5) is 0 Å². The first-order chi connectivity index (χ1) is 10.4. The van der Waals surface area contributed by atoms with Gasteiger partial charge in [0.05, 0.1) is 0 Å². The molecule has 0 amide bonds. The van der Waals surface area contributed by atoms with Crippen LogP contribution in [0.2, 0.25) is 0 Å². The van der Waals surface area contributed by atoms with E-state index in [9.17, 15) is 0 Å². The average molecular weight is 465 g/mol. The number of hydrogen-bond acceptors (Lipinski definition) is 1. The summed E-state index contributed by atoms with van der Waals surface area (Å²) < 4.78 is 0. The molecule has 22 heavy (non-hydrogen) atoms. The van der Waals surface area contributed by atoms with Crippen molar-refractivity contribution >= 4 is 0 Å². The molecular weight excluding hydrogens is 446 g/mol. The molecular formula is C20H18IrN-. The largest absolute Gasteiger partial charge is 0.305 e. The van der Waals surface area contributed by atoms with Crippen molar-refractivity contribution in [3.05, 3.63) is 78.5 Å². The molecule has 0 spiro atoms. The maximum Gasteiger partial charge on any atom is 0.0160 e. The number of nitrogens with zero attached hydrogens (tertiary/aromatic N) is 1. The number of rotatable bonds is 4. The van der Waals surface area contributed by atoms with Crippen LogP contribution in [0.5, 0.6) is 0 Å². The fourth-order valence-electron chi connectivity index (χ4n) is 2.47. The van der Waals surface area contributed by atoms with Gasteiger partial charge in [-0.2, -0.15) is 0 Å². The van der Waals surface area contributed by atoms with Crippen molar-refractivity contribution in [1.82, 2.24) is 4.98 Å². The molecule has 3 aromatic rings. The number of pyridine rings is 1. The first kappa shape index (κ1) is 16.6. The molecule has 0 aliphatic rings. The van der Waals surface area contributed by atoms with Gasteiger partial charge in [0.1, 0.15) is 0 Å². The summed E-state index contributed by atoms with van der Waals surface area (Å²) in [5.74, 6) is 0. The van der Waals surface area contributed by atoms with Crippen LogP contribution in [0.25, 0.3) is 22.4 Å². The van der Waals surface area contributed by atoms with Crippen LogP contribution in [-0.4, -0.2) is 4.98 Å². The Morgan fingerprint density at radius 3 is 2.45 bits per heavy atom. The smallest absolute Gasteiger partial charge is 0.0160 e. The molecule has 0 atom stereocenters. The van der Waals surface area contributed by atoms with Gasteiger partial charge in [0.15, 0.2) is 0 Å². The van der Waals surface area contributed by atoms with E-state index in [1.807, 2.05) is 30.5 Å². The molecule has 1 heterocycles. The van der Waals surface area contributed by atoms with Crippen LogP contribution in [0, 0.1) is 6.07 Å². The Bertz CT molecular complexity index is 705. The molecule has 1 nitrogen and oxygen atoms in total. The summed E-state index contributed by atoms with van der Waals surface area (Å²) in [4.78, 5) is 4.39. The average Bonchev–Trinajstić information content (AvgIpc) is 2.57. The zero-order chi connectivity index (χ0) is 14.5. The first-order valence-corrected chi connectivity index (χ1v) is 7.39. The minimum atomic E-state index is 0. The van der Waals surface area contributed by atoms with Crippen LogP contribution < -0.4 is 0 Å². The summed E-state index contributed by atoms with van der Waals surface area (Å²) in [7, 11) is 0. The van der Waals surface area contributed by atoms with Crippen molar-refractivity contribution < 1.29 is 20.1 Å². The topological polar surface area (TPSA) is 12.9 Å². The van der Waals surface area contributed by atoms with Crippen molar-refractivity contribution in [1.29, 1.82) is 0 Å². The third kappa shape index (κ3) is 3.91. The molecule has 1 aromatic heterocycles. The second-order valence-corrected chi connectivity index (χ2v) is 5.15. The Kier molecular flexibility index (Phi) is 6.06. The normalized spacial score (nSPS) is 10.0. The second kappa shape index (κ2) is 8.03. The Balaban J connectivity index is 0.00000176. The van der Waals surface area contributed by atoms with Crippen LogP contribution in [-0.2, 0) is 26.5 Å². The third-order valence-corrected chi connectivity index (χ3v) is 3.57. The van der Waals surface area contributed by atoms with Gasteiger partial charge >= 0.3 is 0 Å². The summed E-state index contributed by atoms with van der Waals surface area (Å²) in [6.07, 6.45) is 4.14. The third-order valence-electron chi connectivity index (χ3n) is 3.57.